The van der Waals surface area contributed by atoms with E-state index in [9.17, 15) is 0 Å². The Morgan fingerprint density at radius 2 is 2.17 bits per heavy atom. The lowest BCUT2D eigenvalue weighted by Crippen LogP contribution is -2.46. The Balaban J connectivity index is 2.04. The maximum atomic E-state index is 5.84. The molecule has 0 aliphatic carbocycles. The second-order valence-electron chi connectivity index (χ2n) is 4.73. The van der Waals surface area contributed by atoms with Crippen molar-refractivity contribution in [2.45, 2.75) is 25.7 Å². The molecule has 1 aromatic carbocycles. The summed E-state index contributed by atoms with van der Waals surface area (Å²) >= 11 is 3.50. The van der Waals surface area contributed by atoms with Crippen LogP contribution in [0.3, 0.4) is 0 Å². The highest BCUT2D eigenvalue weighted by atomic mass is 79.9. The number of rotatable bonds is 4. The van der Waals surface area contributed by atoms with Gasteiger partial charge in [0.1, 0.15) is 5.75 Å². The molecule has 0 amide bonds. The third-order valence-electron chi connectivity index (χ3n) is 3.16. The molecule has 0 spiro atoms. The molecule has 0 bridgehead atoms. The zero-order valence-corrected chi connectivity index (χ0v) is 12.5. The van der Waals surface area contributed by atoms with Crippen LogP contribution in [0.5, 0.6) is 5.75 Å². The molecular formula is C14H20BrNO2. The first-order valence-corrected chi connectivity index (χ1v) is 7.40. The smallest absolute Gasteiger partial charge is 0.123 e. The molecule has 100 valence electrons. The number of benzene rings is 1. The average molecular weight is 314 g/mol. The molecule has 0 saturated carbocycles. The van der Waals surface area contributed by atoms with E-state index in [4.69, 9.17) is 9.47 Å². The first-order chi connectivity index (χ1) is 8.72. The minimum atomic E-state index is 0.281. The third kappa shape index (κ3) is 3.46. The first kappa shape index (κ1) is 13.8. The number of alkyl halides is 1. The molecule has 1 aromatic rings. The Morgan fingerprint density at radius 3 is 2.89 bits per heavy atom. The summed E-state index contributed by atoms with van der Waals surface area (Å²) in [6, 6.07) is 8.21. The van der Waals surface area contributed by atoms with Crippen LogP contribution >= 0.6 is 15.9 Å². The van der Waals surface area contributed by atoms with Crippen LogP contribution in [0, 0.1) is 0 Å². The van der Waals surface area contributed by atoms with Gasteiger partial charge in [-0.25, -0.2) is 0 Å². The van der Waals surface area contributed by atoms with Crippen LogP contribution in [0.15, 0.2) is 24.3 Å². The summed E-state index contributed by atoms with van der Waals surface area (Å²) in [5.74, 6) is 0.965. The van der Waals surface area contributed by atoms with Crippen molar-refractivity contribution in [3.05, 3.63) is 29.8 Å². The van der Waals surface area contributed by atoms with Crippen LogP contribution in [0.25, 0.3) is 0 Å². The lowest BCUT2D eigenvalue weighted by molar-refractivity contribution is -0.0679. The standard InChI is InChI=1S/C14H20BrNO2/c1-11-8-16(10-13(7-15)18-11)9-12-5-3-4-6-14(12)17-2/h3-6,11,13H,7-10H2,1-2H3. The molecular weight excluding hydrogens is 294 g/mol. The largest absolute Gasteiger partial charge is 0.496 e. The number of para-hydroxylation sites is 1. The Labute approximate surface area is 117 Å². The van der Waals surface area contributed by atoms with Crippen LogP contribution in [-0.4, -0.2) is 42.6 Å². The molecule has 3 nitrogen and oxygen atoms in total. The SMILES string of the molecule is COc1ccccc1CN1CC(C)OC(CBr)C1. The molecule has 0 radical (unpaired) electrons. The Hall–Kier alpha value is -0.580. The number of ether oxygens (including phenoxy) is 2. The van der Waals surface area contributed by atoms with Crippen LogP contribution < -0.4 is 4.74 Å². The summed E-state index contributed by atoms with van der Waals surface area (Å²) in [6.45, 7) is 4.99. The molecule has 1 aliphatic rings. The van der Waals surface area contributed by atoms with Gasteiger partial charge < -0.3 is 9.47 Å². The molecule has 0 N–H and O–H groups in total. The number of morpholine rings is 1. The zero-order valence-electron chi connectivity index (χ0n) is 10.9. The Bertz CT molecular complexity index is 386. The van der Waals surface area contributed by atoms with E-state index in [1.54, 1.807) is 7.11 Å². The summed E-state index contributed by atoms with van der Waals surface area (Å²) in [5.41, 5.74) is 1.24. The molecule has 1 aliphatic heterocycles. The van der Waals surface area contributed by atoms with Gasteiger partial charge in [0.15, 0.2) is 0 Å². The van der Waals surface area contributed by atoms with E-state index >= 15 is 0 Å². The third-order valence-corrected chi connectivity index (χ3v) is 3.88. The maximum absolute atomic E-state index is 5.84. The summed E-state index contributed by atoms with van der Waals surface area (Å²) in [6.07, 6.45) is 0.569. The molecule has 0 aromatic heterocycles. The summed E-state index contributed by atoms with van der Waals surface area (Å²) in [7, 11) is 1.72. The monoisotopic (exact) mass is 313 g/mol. The summed E-state index contributed by atoms with van der Waals surface area (Å²) < 4.78 is 11.2. The van der Waals surface area contributed by atoms with Gasteiger partial charge >= 0.3 is 0 Å². The van der Waals surface area contributed by atoms with Crippen molar-refractivity contribution in [3.8, 4) is 5.75 Å². The molecule has 1 fully saturated rings. The van der Waals surface area contributed by atoms with Gasteiger partial charge in [0.2, 0.25) is 0 Å². The predicted molar refractivity (Wildman–Crippen MR) is 76.4 cm³/mol. The van der Waals surface area contributed by atoms with Crippen LogP contribution in [0.4, 0.5) is 0 Å². The van der Waals surface area contributed by atoms with Gasteiger partial charge in [-0.1, -0.05) is 34.1 Å². The van der Waals surface area contributed by atoms with E-state index in [1.807, 2.05) is 12.1 Å². The second-order valence-corrected chi connectivity index (χ2v) is 5.38. The normalized spacial score (nSPS) is 25.1. The fraction of sp³-hybridized carbons (Fsp3) is 0.571. The number of hydrogen-bond acceptors (Lipinski definition) is 3. The van der Waals surface area contributed by atoms with Gasteiger partial charge in [-0.3, -0.25) is 4.90 Å². The van der Waals surface area contributed by atoms with E-state index in [2.05, 4.69) is 39.9 Å². The maximum Gasteiger partial charge on any atom is 0.123 e. The number of nitrogens with zero attached hydrogens (tertiary/aromatic N) is 1. The Morgan fingerprint density at radius 1 is 1.39 bits per heavy atom. The molecule has 2 rings (SSSR count). The van der Waals surface area contributed by atoms with Gasteiger partial charge in [-0.05, 0) is 13.0 Å². The highest BCUT2D eigenvalue weighted by molar-refractivity contribution is 9.09. The average Bonchev–Trinajstić information content (AvgIpc) is 2.38. The molecule has 1 saturated heterocycles. The van der Waals surface area contributed by atoms with Crippen molar-refractivity contribution < 1.29 is 9.47 Å². The van der Waals surface area contributed by atoms with Crippen molar-refractivity contribution in [1.82, 2.24) is 4.90 Å². The lowest BCUT2D eigenvalue weighted by atomic mass is 10.1. The van der Waals surface area contributed by atoms with E-state index in [1.165, 1.54) is 5.56 Å². The van der Waals surface area contributed by atoms with Crippen molar-refractivity contribution in [2.24, 2.45) is 0 Å². The lowest BCUT2D eigenvalue weighted by Gasteiger charge is -2.36. The topological polar surface area (TPSA) is 21.7 Å². The quantitative estimate of drug-likeness (QED) is 0.798. The number of hydrogen-bond donors (Lipinski definition) is 0. The highest BCUT2D eigenvalue weighted by Gasteiger charge is 2.24. The van der Waals surface area contributed by atoms with Gasteiger partial charge in [0, 0.05) is 30.5 Å². The van der Waals surface area contributed by atoms with Gasteiger partial charge in [0.25, 0.3) is 0 Å². The van der Waals surface area contributed by atoms with E-state index in [0.29, 0.717) is 0 Å². The molecule has 1 heterocycles. The fourth-order valence-corrected chi connectivity index (χ4v) is 2.79. The second kappa shape index (κ2) is 6.55. The van der Waals surface area contributed by atoms with E-state index < -0.39 is 0 Å². The summed E-state index contributed by atoms with van der Waals surface area (Å²) in [5, 5.41) is 0.889. The Kier molecular flexibility index (Phi) is 5.03. The van der Waals surface area contributed by atoms with Crippen molar-refractivity contribution in [2.75, 3.05) is 25.5 Å². The minimum Gasteiger partial charge on any atom is -0.496 e. The molecule has 2 atom stereocenters. The molecule has 18 heavy (non-hydrogen) atoms. The van der Waals surface area contributed by atoms with Crippen molar-refractivity contribution in [3.63, 3.8) is 0 Å². The fourth-order valence-electron chi connectivity index (χ4n) is 2.43. The zero-order chi connectivity index (χ0) is 13.0. The van der Waals surface area contributed by atoms with Crippen LogP contribution in [0.1, 0.15) is 12.5 Å². The molecule has 4 heteroatoms. The number of halogens is 1. The van der Waals surface area contributed by atoms with Gasteiger partial charge in [-0.2, -0.15) is 0 Å². The summed E-state index contributed by atoms with van der Waals surface area (Å²) in [4.78, 5) is 2.43. The van der Waals surface area contributed by atoms with Crippen LogP contribution in [0.2, 0.25) is 0 Å². The highest BCUT2D eigenvalue weighted by Crippen LogP contribution is 2.22. The minimum absolute atomic E-state index is 0.281. The van der Waals surface area contributed by atoms with Gasteiger partial charge in [-0.15, -0.1) is 0 Å². The van der Waals surface area contributed by atoms with Crippen molar-refractivity contribution >= 4 is 15.9 Å². The van der Waals surface area contributed by atoms with Gasteiger partial charge in [0.05, 0.1) is 19.3 Å². The van der Waals surface area contributed by atoms with E-state index in [0.717, 1.165) is 30.7 Å². The van der Waals surface area contributed by atoms with E-state index in [-0.39, 0.29) is 12.2 Å². The molecule has 2 unspecified atom stereocenters. The van der Waals surface area contributed by atoms with Crippen LogP contribution in [-0.2, 0) is 11.3 Å². The number of methoxy groups -OCH3 is 1. The first-order valence-electron chi connectivity index (χ1n) is 6.28. The van der Waals surface area contributed by atoms with Crippen molar-refractivity contribution in [1.29, 1.82) is 0 Å². The predicted octanol–water partition coefficient (Wildman–Crippen LogP) is 2.68.